The van der Waals surface area contributed by atoms with Crippen LogP contribution in [-0.2, 0) is 4.79 Å². The molecule has 0 aromatic heterocycles. The largest absolute Gasteiger partial charge is 0.339 e. The van der Waals surface area contributed by atoms with Gasteiger partial charge in [-0.25, -0.2) is 8.78 Å². The first-order valence-electron chi connectivity index (χ1n) is 7.13. The van der Waals surface area contributed by atoms with E-state index in [2.05, 4.69) is 4.90 Å². The molecule has 1 fully saturated rings. The van der Waals surface area contributed by atoms with E-state index in [4.69, 9.17) is 5.73 Å². The van der Waals surface area contributed by atoms with Gasteiger partial charge in [-0.05, 0) is 19.9 Å². The maximum atomic E-state index is 13.8. The zero-order valence-electron chi connectivity index (χ0n) is 12.4. The Labute approximate surface area is 123 Å². The number of hydrogen-bond acceptors (Lipinski definition) is 3. The molecule has 0 aliphatic carbocycles. The Morgan fingerprint density at radius 2 is 1.81 bits per heavy atom. The van der Waals surface area contributed by atoms with Crippen LogP contribution in [0.4, 0.5) is 8.78 Å². The van der Waals surface area contributed by atoms with Crippen molar-refractivity contribution in [3.63, 3.8) is 0 Å². The highest BCUT2D eigenvalue weighted by atomic mass is 19.1. The molecule has 1 aliphatic rings. The van der Waals surface area contributed by atoms with Crippen LogP contribution in [0.2, 0.25) is 0 Å². The van der Waals surface area contributed by atoms with Crippen molar-refractivity contribution in [3.8, 4) is 0 Å². The molecule has 116 valence electrons. The molecule has 4 nitrogen and oxygen atoms in total. The number of piperazine rings is 1. The lowest BCUT2D eigenvalue weighted by Gasteiger charge is -2.38. The van der Waals surface area contributed by atoms with E-state index in [1.807, 2.05) is 6.92 Å². The molecule has 1 amide bonds. The molecule has 0 spiro atoms. The van der Waals surface area contributed by atoms with Gasteiger partial charge in [0.2, 0.25) is 5.91 Å². The summed E-state index contributed by atoms with van der Waals surface area (Å²) in [4.78, 5) is 15.6. The third-order valence-electron chi connectivity index (χ3n) is 3.98. The molecule has 2 atom stereocenters. The molecule has 21 heavy (non-hydrogen) atoms. The minimum Gasteiger partial charge on any atom is -0.339 e. The predicted molar refractivity (Wildman–Crippen MR) is 76.6 cm³/mol. The minimum absolute atomic E-state index is 0.0599. The van der Waals surface area contributed by atoms with Crippen LogP contribution in [0.15, 0.2) is 18.2 Å². The summed E-state index contributed by atoms with van der Waals surface area (Å²) in [5.74, 6) is -1.16. The molecule has 0 radical (unpaired) electrons. The van der Waals surface area contributed by atoms with Gasteiger partial charge < -0.3 is 10.6 Å². The first-order chi connectivity index (χ1) is 9.90. The van der Waals surface area contributed by atoms with Crippen molar-refractivity contribution >= 4 is 5.91 Å². The fourth-order valence-electron chi connectivity index (χ4n) is 2.65. The number of halogens is 2. The highest BCUT2D eigenvalue weighted by molar-refractivity contribution is 5.81. The van der Waals surface area contributed by atoms with Gasteiger partial charge in [0.15, 0.2) is 0 Å². The number of hydrogen-bond donors (Lipinski definition) is 1. The molecule has 1 heterocycles. The zero-order valence-corrected chi connectivity index (χ0v) is 12.4. The summed E-state index contributed by atoms with van der Waals surface area (Å²) < 4.78 is 26.8. The van der Waals surface area contributed by atoms with E-state index < -0.39 is 17.7 Å². The van der Waals surface area contributed by atoms with Crippen LogP contribution in [0.25, 0.3) is 0 Å². The highest BCUT2D eigenvalue weighted by Gasteiger charge is 2.27. The lowest BCUT2D eigenvalue weighted by atomic mass is 10.1. The summed E-state index contributed by atoms with van der Waals surface area (Å²) in [6, 6.07) is 3.00. The number of carbonyl (C=O) groups excluding carboxylic acids is 1. The Balaban J connectivity index is 2.00. The summed E-state index contributed by atoms with van der Waals surface area (Å²) in [6.45, 7) is 6.01. The Morgan fingerprint density at radius 1 is 1.19 bits per heavy atom. The third kappa shape index (κ3) is 3.57. The van der Waals surface area contributed by atoms with Crippen LogP contribution >= 0.6 is 0 Å². The van der Waals surface area contributed by atoms with Crippen LogP contribution < -0.4 is 5.73 Å². The Hall–Kier alpha value is -1.53. The highest BCUT2D eigenvalue weighted by Crippen LogP contribution is 2.24. The van der Waals surface area contributed by atoms with Crippen molar-refractivity contribution in [2.24, 2.45) is 5.73 Å². The maximum absolute atomic E-state index is 13.8. The lowest BCUT2D eigenvalue weighted by molar-refractivity contribution is -0.134. The molecule has 0 saturated carbocycles. The van der Waals surface area contributed by atoms with Gasteiger partial charge in [-0.2, -0.15) is 0 Å². The van der Waals surface area contributed by atoms with E-state index in [0.717, 1.165) is 6.07 Å². The molecular weight excluding hydrogens is 276 g/mol. The summed E-state index contributed by atoms with van der Waals surface area (Å²) >= 11 is 0. The van der Waals surface area contributed by atoms with Crippen LogP contribution in [0, 0.1) is 11.6 Å². The van der Waals surface area contributed by atoms with Crippen LogP contribution in [0.1, 0.15) is 25.5 Å². The second-order valence-corrected chi connectivity index (χ2v) is 5.49. The molecule has 2 rings (SSSR count). The molecule has 1 aliphatic heterocycles. The van der Waals surface area contributed by atoms with Gasteiger partial charge in [-0.1, -0.05) is 6.07 Å². The first kappa shape index (κ1) is 15.9. The first-order valence-corrected chi connectivity index (χ1v) is 7.13. The van der Waals surface area contributed by atoms with Gasteiger partial charge in [-0.3, -0.25) is 9.69 Å². The van der Waals surface area contributed by atoms with Crippen LogP contribution in [0.3, 0.4) is 0 Å². The second kappa shape index (κ2) is 6.49. The van der Waals surface area contributed by atoms with Gasteiger partial charge in [0.1, 0.15) is 11.6 Å². The minimum atomic E-state index is -0.573. The number of amides is 1. The Morgan fingerprint density at radius 3 is 2.33 bits per heavy atom. The van der Waals surface area contributed by atoms with Gasteiger partial charge >= 0.3 is 0 Å². The lowest BCUT2D eigenvalue weighted by Crippen LogP contribution is -2.52. The number of nitrogens with two attached hydrogens (primary N) is 1. The van der Waals surface area contributed by atoms with Crippen molar-refractivity contribution in [2.45, 2.75) is 25.9 Å². The van der Waals surface area contributed by atoms with Crippen molar-refractivity contribution in [3.05, 3.63) is 35.4 Å². The van der Waals surface area contributed by atoms with E-state index >= 15 is 0 Å². The van der Waals surface area contributed by atoms with Gasteiger partial charge in [-0.15, -0.1) is 0 Å². The number of carbonyl (C=O) groups is 1. The molecule has 6 heteroatoms. The molecule has 2 N–H and O–H groups in total. The van der Waals surface area contributed by atoms with Crippen molar-refractivity contribution < 1.29 is 13.6 Å². The van der Waals surface area contributed by atoms with Gasteiger partial charge in [0, 0.05) is 43.9 Å². The molecule has 0 unspecified atom stereocenters. The number of rotatable bonds is 3. The van der Waals surface area contributed by atoms with Gasteiger partial charge in [0.25, 0.3) is 0 Å². The van der Waals surface area contributed by atoms with Crippen molar-refractivity contribution in [1.29, 1.82) is 0 Å². The van der Waals surface area contributed by atoms with E-state index in [1.165, 1.54) is 12.1 Å². The van der Waals surface area contributed by atoms with E-state index in [1.54, 1.807) is 11.8 Å². The van der Waals surface area contributed by atoms with Crippen LogP contribution in [-0.4, -0.2) is 47.9 Å². The van der Waals surface area contributed by atoms with E-state index in [9.17, 15) is 13.6 Å². The van der Waals surface area contributed by atoms with Gasteiger partial charge in [0.05, 0.1) is 6.04 Å². The molecule has 1 saturated heterocycles. The fraction of sp³-hybridized carbons (Fsp3) is 0.533. The molecule has 1 aromatic carbocycles. The number of benzene rings is 1. The van der Waals surface area contributed by atoms with E-state index in [-0.39, 0.29) is 11.9 Å². The topological polar surface area (TPSA) is 49.6 Å². The predicted octanol–water partition coefficient (Wildman–Crippen LogP) is 1.52. The third-order valence-corrected chi connectivity index (χ3v) is 3.98. The average molecular weight is 297 g/mol. The summed E-state index contributed by atoms with van der Waals surface area (Å²) in [7, 11) is 0. The Bertz CT molecular complexity index is 514. The fourth-order valence-corrected chi connectivity index (χ4v) is 2.65. The zero-order chi connectivity index (χ0) is 15.6. The molecule has 0 bridgehead atoms. The summed E-state index contributed by atoms with van der Waals surface area (Å²) in [5, 5.41) is 0. The Kier molecular flexibility index (Phi) is 4.90. The quantitative estimate of drug-likeness (QED) is 0.920. The van der Waals surface area contributed by atoms with Crippen molar-refractivity contribution in [2.75, 3.05) is 26.2 Å². The van der Waals surface area contributed by atoms with Crippen LogP contribution in [0.5, 0.6) is 0 Å². The smallest absolute Gasteiger partial charge is 0.239 e. The monoisotopic (exact) mass is 297 g/mol. The normalized spacial score (nSPS) is 19.4. The number of nitrogens with zero attached hydrogens (tertiary/aromatic N) is 2. The SMILES string of the molecule is C[C@H](c1ccc(F)cc1F)N1CCN(C(=O)[C@@H](C)N)CC1. The molecule has 1 aromatic rings. The standard InChI is InChI=1S/C15H21F2N3O/c1-10(18)15(21)20-7-5-19(6-8-20)11(2)13-4-3-12(16)9-14(13)17/h3-4,9-11H,5-8,18H2,1-2H3/t10-,11-/m1/s1. The summed E-state index contributed by atoms with van der Waals surface area (Å²) in [5.41, 5.74) is 6.07. The summed E-state index contributed by atoms with van der Waals surface area (Å²) in [6.07, 6.45) is 0. The maximum Gasteiger partial charge on any atom is 0.239 e. The average Bonchev–Trinajstić information content (AvgIpc) is 2.46. The van der Waals surface area contributed by atoms with Crippen molar-refractivity contribution in [1.82, 2.24) is 9.80 Å². The molecular formula is C15H21F2N3O. The van der Waals surface area contributed by atoms with E-state index in [0.29, 0.717) is 31.7 Å². The second-order valence-electron chi connectivity index (χ2n) is 5.49.